The zero-order chi connectivity index (χ0) is 30.3. The topological polar surface area (TPSA) is 77.4 Å². The first-order valence-corrected chi connectivity index (χ1v) is 16.8. The molecule has 1 aliphatic heterocycles. The smallest absolute Gasteiger partial charge is 0.261 e. The molecule has 1 fully saturated rings. The van der Waals surface area contributed by atoms with Gasteiger partial charge in [-0.15, -0.1) is 0 Å². The van der Waals surface area contributed by atoms with Crippen molar-refractivity contribution in [3.8, 4) is 0 Å². The third kappa shape index (κ3) is 7.16. The lowest BCUT2D eigenvalue weighted by Gasteiger charge is -2.46. The molecule has 2 N–H and O–H groups in total. The summed E-state index contributed by atoms with van der Waals surface area (Å²) in [5, 5.41) is 24.0. The van der Waals surface area contributed by atoms with Gasteiger partial charge >= 0.3 is 0 Å². The van der Waals surface area contributed by atoms with Gasteiger partial charge in [0.15, 0.2) is 6.29 Å². The van der Waals surface area contributed by atoms with Gasteiger partial charge in [0, 0.05) is 0 Å². The lowest BCUT2D eigenvalue weighted by atomic mass is 9.98. The van der Waals surface area contributed by atoms with Gasteiger partial charge in [-0.3, -0.25) is 0 Å². The number of benzene rings is 4. The molecule has 226 valence electrons. The minimum Gasteiger partial charge on any atom is -0.405 e. The minimum absolute atomic E-state index is 0.141. The Labute approximate surface area is 256 Å². The van der Waals surface area contributed by atoms with Crippen molar-refractivity contribution in [3.63, 3.8) is 0 Å². The number of hydrogen-bond acceptors (Lipinski definition) is 6. The van der Waals surface area contributed by atoms with Crippen molar-refractivity contribution >= 4 is 18.7 Å². The lowest BCUT2D eigenvalue weighted by molar-refractivity contribution is -0.304. The maximum absolute atomic E-state index is 11.1. The van der Waals surface area contributed by atoms with E-state index in [4.69, 9.17) is 18.6 Å². The largest absolute Gasteiger partial charge is 0.405 e. The molecule has 0 bridgehead atoms. The van der Waals surface area contributed by atoms with Crippen LogP contribution in [0.5, 0.6) is 0 Å². The first-order valence-electron chi connectivity index (χ1n) is 14.9. The first-order chi connectivity index (χ1) is 20.8. The van der Waals surface area contributed by atoms with Gasteiger partial charge in [0.1, 0.15) is 24.4 Å². The van der Waals surface area contributed by atoms with Gasteiger partial charge in [-0.1, -0.05) is 142 Å². The van der Waals surface area contributed by atoms with Crippen LogP contribution in [-0.2, 0) is 31.9 Å². The van der Waals surface area contributed by atoms with Crippen molar-refractivity contribution in [1.29, 1.82) is 0 Å². The van der Waals surface area contributed by atoms with Crippen LogP contribution in [0.25, 0.3) is 0 Å². The van der Waals surface area contributed by atoms with Crippen LogP contribution in [-0.4, -0.2) is 55.8 Å². The summed E-state index contributed by atoms with van der Waals surface area (Å²) in [5.74, 6) is 0. The fourth-order valence-corrected chi connectivity index (χ4v) is 10.5. The quantitative estimate of drug-likeness (QED) is 0.241. The van der Waals surface area contributed by atoms with Crippen molar-refractivity contribution in [2.75, 3.05) is 6.61 Å². The van der Waals surface area contributed by atoms with Crippen LogP contribution >= 0.6 is 0 Å². The van der Waals surface area contributed by atoms with Crippen molar-refractivity contribution in [3.05, 3.63) is 132 Å². The number of ether oxygens (including phenoxy) is 3. The Morgan fingerprint density at radius 1 is 0.628 bits per heavy atom. The van der Waals surface area contributed by atoms with Crippen LogP contribution in [0, 0.1) is 0 Å². The van der Waals surface area contributed by atoms with E-state index in [1.165, 1.54) is 0 Å². The average Bonchev–Trinajstić information content (AvgIpc) is 3.03. The monoisotopic (exact) mass is 598 g/mol. The zero-order valence-corrected chi connectivity index (χ0v) is 26.1. The van der Waals surface area contributed by atoms with Crippen molar-refractivity contribution in [1.82, 2.24) is 0 Å². The molecular formula is C36H42O6Si. The number of aliphatic hydroxyl groups excluding tert-OH is 2. The highest BCUT2D eigenvalue weighted by Crippen LogP contribution is 2.38. The summed E-state index contributed by atoms with van der Waals surface area (Å²) in [6.07, 6.45) is -5.01. The molecule has 43 heavy (non-hydrogen) atoms. The summed E-state index contributed by atoms with van der Waals surface area (Å²) in [4.78, 5) is 0. The third-order valence-electron chi connectivity index (χ3n) is 8.08. The van der Waals surface area contributed by atoms with Gasteiger partial charge in [0.25, 0.3) is 8.32 Å². The van der Waals surface area contributed by atoms with Crippen LogP contribution in [0.15, 0.2) is 121 Å². The SMILES string of the molecule is CC(C)(C)[Si](OCC1OC(O)C(O)C(OCc2ccccc2)C1OCc1ccccc1)(c1ccccc1)c1ccccc1. The predicted molar refractivity (Wildman–Crippen MR) is 170 cm³/mol. The maximum atomic E-state index is 11.1. The normalized spacial score (nSPS) is 22.8. The molecule has 1 heterocycles. The van der Waals surface area contributed by atoms with Crippen molar-refractivity contribution < 1.29 is 28.8 Å². The fourth-order valence-electron chi connectivity index (χ4n) is 5.94. The molecule has 0 aromatic heterocycles. The minimum atomic E-state index is -2.90. The predicted octanol–water partition coefficient (Wildman–Crippen LogP) is 4.81. The fraction of sp³-hybridized carbons (Fsp3) is 0.333. The molecule has 0 amide bonds. The number of hydrogen-bond donors (Lipinski definition) is 2. The Morgan fingerprint density at radius 3 is 1.49 bits per heavy atom. The van der Waals surface area contributed by atoms with Crippen LogP contribution in [0.3, 0.4) is 0 Å². The molecule has 0 spiro atoms. The molecule has 4 aromatic rings. The number of rotatable bonds is 11. The standard InChI is InChI=1S/C36H42O6Si/c1-36(2,3)43(29-20-12-6-13-21-29,30-22-14-7-15-23-30)41-26-31-33(39-24-27-16-8-4-9-17-27)34(32(37)35(38)42-31)40-25-28-18-10-5-11-19-28/h4-23,31-35,37-38H,24-26H2,1-3H3. The summed E-state index contributed by atoms with van der Waals surface area (Å²) in [6, 6.07) is 40.4. The Morgan fingerprint density at radius 2 is 1.05 bits per heavy atom. The van der Waals surface area contributed by atoms with Crippen LogP contribution in [0.4, 0.5) is 0 Å². The molecule has 1 saturated heterocycles. The van der Waals surface area contributed by atoms with Crippen LogP contribution < -0.4 is 10.4 Å². The van der Waals surface area contributed by atoms with Gasteiger partial charge in [-0.25, -0.2) is 0 Å². The Balaban J connectivity index is 1.48. The summed E-state index contributed by atoms with van der Waals surface area (Å²) in [5.41, 5.74) is 1.94. The van der Waals surface area contributed by atoms with Gasteiger partial charge < -0.3 is 28.8 Å². The molecule has 6 nitrogen and oxygen atoms in total. The van der Waals surface area contributed by atoms with E-state index in [0.717, 1.165) is 21.5 Å². The molecule has 5 rings (SSSR count). The molecule has 5 unspecified atom stereocenters. The van der Waals surface area contributed by atoms with E-state index in [0.29, 0.717) is 6.61 Å². The highest BCUT2D eigenvalue weighted by Gasteiger charge is 2.52. The van der Waals surface area contributed by atoms with Crippen LogP contribution in [0.2, 0.25) is 5.04 Å². The van der Waals surface area contributed by atoms with Crippen molar-refractivity contribution in [2.45, 2.75) is 69.7 Å². The first kappa shape index (κ1) is 31.3. The average molecular weight is 599 g/mol. The van der Waals surface area contributed by atoms with E-state index >= 15 is 0 Å². The molecule has 7 heteroatoms. The van der Waals surface area contributed by atoms with Crippen molar-refractivity contribution in [2.24, 2.45) is 0 Å². The second kappa shape index (κ2) is 14.1. The maximum Gasteiger partial charge on any atom is 0.261 e. The second-order valence-electron chi connectivity index (χ2n) is 12.1. The number of aliphatic hydroxyl groups is 2. The van der Waals surface area contributed by atoms with E-state index in [1.807, 2.05) is 97.1 Å². The van der Waals surface area contributed by atoms with Gasteiger partial charge in [-0.2, -0.15) is 0 Å². The van der Waals surface area contributed by atoms with Gasteiger partial charge in [0.05, 0.1) is 19.8 Å². The van der Waals surface area contributed by atoms with Crippen LogP contribution in [0.1, 0.15) is 31.9 Å². The van der Waals surface area contributed by atoms with E-state index in [9.17, 15) is 10.2 Å². The third-order valence-corrected chi connectivity index (χ3v) is 13.1. The zero-order valence-electron chi connectivity index (χ0n) is 25.1. The summed E-state index contributed by atoms with van der Waals surface area (Å²) in [7, 11) is -2.90. The summed E-state index contributed by atoms with van der Waals surface area (Å²) >= 11 is 0. The lowest BCUT2D eigenvalue weighted by Crippen LogP contribution is -2.68. The van der Waals surface area contributed by atoms with Gasteiger partial charge in [-0.05, 0) is 26.5 Å². The molecule has 1 aliphatic rings. The molecule has 0 radical (unpaired) electrons. The molecule has 4 aromatic carbocycles. The summed E-state index contributed by atoms with van der Waals surface area (Å²) in [6.45, 7) is 7.33. The van der Waals surface area contributed by atoms with E-state index < -0.39 is 39.0 Å². The Kier molecular flexibility index (Phi) is 10.3. The molecule has 0 saturated carbocycles. The van der Waals surface area contributed by atoms with E-state index in [1.54, 1.807) is 0 Å². The van der Waals surface area contributed by atoms with Gasteiger partial charge in [0.2, 0.25) is 0 Å². The van der Waals surface area contributed by atoms with E-state index in [-0.39, 0.29) is 18.3 Å². The molecular weight excluding hydrogens is 556 g/mol. The highest BCUT2D eigenvalue weighted by atomic mass is 28.4. The highest BCUT2D eigenvalue weighted by molar-refractivity contribution is 6.99. The Hall–Kier alpha value is -3.14. The Bertz CT molecular complexity index is 1340. The second-order valence-corrected chi connectivity index (χ2v) is 16.4. The molecule has 5 atom stereocenters. The summed E-state index contributed by atoms with van der Waals surface area (Å²) < 4.78 is 26.0. The van der Waals surface area contributed by atoms with E-state index in [2.05, 4.69) is 45.0 Å². The molecule has 0 aliphatic carbocycles.